The molecular formula is C18H18ClN3O3S. The maximum Gasteiger partial charge on any atom is 0.259 e. The van der Waals surface area contributed by atoms with E-state index in [1.807, 2.05) is 19.1 Å². The third-order valence-electron chi connectivity index (χ3n) is 3.95. The van der Waals surface area contributed by atoms with Gasteiger partial charge < -0.3 is 4.52 Å². The van der Waals surface area contributed by atoms with Gasteiger partial charge in [0.05, 0.1) is 15.5 Å². The first-order valence-corrected chi connectivity index (χ1v) is 9.80. The highest BCUT2D eigenvalue weighted by molar-refractivity contribution is 7.89. The van der Waals surface area contributed by atoms with Gasteiger partial charge in [-0.25, -0.2) is 12.7 Å². The van der Waals surface area contributed by atoms with Crippen molar-refractivity contribution in [2.24, 2.45) is 0 Å². The second kappa shape index (κ2) is 7.57. The molecule has 0 atom stereocenters. The van der Waals surface area contributed by atoms with Crippen LogP contribution in [0.15, 0.2) is 57.9 Å². The number of halogens is 1. The van der Waals surface area contributed by atoms with Crippen molar-refractivity contribution >= 4 is 21.6 Å². The molecule has 0 N–H and O–H groups in total. The summed E-state index contributed by atoms with van der Waals surface area (Å²) in [6.07, 6.45) is 0.329. The summed E-state index contributed by atoms with van der Waals surface area (Å²) in [6, 6.07) is 13.9. The van der Waals surface area contributed by atoms with Crippen LogP contribution in [0.3, 0.4) is 0 Å². The molecule has 0 amide bonds. The Hall–Kier alpha value is -2.22. The quantitative estimate of drug-likeness (QED) is 0.642. The molecule has 0 saturated carbocycles. The number of hydrogen-bond acceptors (Lipinski definition) is 5. The van der Waals surface area contributed by atoms with Crippen molar-refractivity contribution in [2.45, 2.75) is 18.2 Å². The van der Waals surface area contributed by atoms with Gasteiger partial charge in [-0.05, 0) is 31.2 Å². The zero-order valence-corrected chi connectivity index (χ0v) is 16.0. The smallest absolute Gasteiger partial charge is 0.259 e. The summed E-state index contributed by atoms with van der Waals surface area (Å²) in [5.74, 6) is 0.737. The molecule has 0 unspecified atom stereocenters. The Morgan fingerprint density at radius 3 is 2.50 bits per heavy atom. The van der Waals surface area contributed by atoms with E-state index in [0.29, 0.717) is 28.7 Å². The maximum atomic E-state index is 12.6. The van der Waals surface area contributed by atoms with E-state index in [9.17, 15) is 8.42 Å². The molecule has 6 nitrogen and oxygen atoms in total. The van der Waals surface area contributed by atoms with Gasteiger partial charge in [-0.3, -0.25) is 0 Å². The van der Waals surface area contributed by atoms with Crippen LogP contribution in [0.2, 0.25) is 5.02 Å². The number of likely N-dealkylation sites (N-methyl/N-ethyl adjacent to an activating group) is 1. The molecule has 0 radical (unpaired) electrons. The number of benzene rings is 2. The van der Waals surface area contributed by atoms with Gasteiger partial charge in [0.2, 0.25) is 10.0 Å². The lowest BCUT2D eigenvalue weighted by atomic mass is 10.2. The Bertz CT molecular complexity index is 1000. The Balaban J connectivity index is 1.69. The molecule has 3 aromatic rings. The fraction of sp³-hybridized carbons (Fsp3) is 0.222. The molecule has 0 aliphatic rings. The van der Waals surface area contributed by atoms with Crippen molar-refractivity contribution in [3.8, 4) is 11.5 Å². The summed E-state index contributed by atoms with van der Waals surface area (Å²) < 4.78 is 31.7. The second-order valence-corrected chi connectivity index (χ2v) is 8.34. The van der Waals surface area contributed by atoms with Crippen molar-refractivity contribution in [1.29, 1.82) is 0 Å². The first kappa shape index (κ1) is 18.6. The molecule has 0 spiro atoms. The number of hydrogen-bond donors (Lipinski definition) is 0. The standard InChI is InChI=1S/C18H18ClN3O3S/c1-13-7-9-14(10-8-13)26(23,24)22(2)12-11-17-20-18(25-21-17)15-5-3-4-6-16(15)19/h3-10H,11-12H2,1-2H3. The van der Waals surface area contributed by atoms with Crippen molar-refractivity contribution < 1.29 is 12.9 Å². The lowest BCUT2D eigenvalue weighted by Crippen LogP contribution is -2.29. The van der Waals surface area contributed by atoms with Crippen LogP contribution in [0.4, 0.5) is 0 Å². The largest absolute Gasteiger partial charge is 0.334 e. The Kier molecular flexibility index (Phi) is 5.41. The summed E-state index contributed by atoms with van der Waals surface area (Å²) in [7, 11) is -2.02. The highest BCUT2D eigenvalue weighted by Gasteiger charge is 2.21. The molecule has 0 aliphatic carbocycles. The van der Waals surface area contributed by atoms with Crippen LogP contribution in [0.25, 0.3) is 11.5 Å². The van der Waals surface area contributed by atoms with E-state index in [4.69, 9.17) is 16.1 Å². The number of sulfonamides is 1. The minimum atomic E-state index is -3.55. The van der Waals surface area contributed by atoms with Gasteiger partial charge in [-0.2, -0.15) is 4.98 Å². The first-order valence-electron chi connectivity index (χ1n) is 7.98. The summed E-state index contributed by atoms with van der Waals surface area (Å²) in [5.41, 5.74) is 1.65. The normalized spacial score (nSPS) is 11.8. The van der Waals surface area contributed by atoms with Crippen LogP contribution >= 0.6 is 11.6 Å². The highest BCUT2D eigenvalue weighted by atomic mass is 35.5. The zero-order valence-electron chi connectivity index (χ0n) is 14.4. The maximum absolute atomic E-state index is 12.6. The zero-order chi connectivity index (χ0) is 18.7. The topological polar surface area (TPSA) is 76.3 Å². The Morgan fingerprint density at radius 1 is 1.12 bits per heavy atom. The molecule has 0 bridgehead atoms. The minimum absolute atomic E-state index is 0.234. The third-order valence-corrected chi connectivity index (χ3v) is 6.15. The summed E-state index contributed by atoms with van der Waals surface area (Å²) in [5, 5.41) is 4.42. The number of rotatable bonds is 6. The van der Waals surface area contributed by atoms with E-state index < -0.39 is 10.0 Å². The predicted molar refractivity (Wildman–Crippen MR) is 99.4 cm³/mol. The van der Waals surface area contributed by atoms with Gasteiger partial charge in [0, 0.05) is 20.0 Å². The predicted octanol–water partition coefficient (Wildman–Crippen LogP) is 3.56. The number of aromatic nitrogens is 2. The van der Waals surface area contributed by atoms with E-state index >= 15 is 0 Å². The van der Waals surface area contributed by atoms with Crippen LogP contribution in [0, 0.1) is 6.92 Å². The molecule has 136 valence electrons. The fourth-order valence-corrected chi connectivity index (χ4v) is 3.76. The van der Waals surface area contributed by atoms with E-state index in [0.717, 1.165) is 5.56 Å². The minimum Gasteiger partial charge on any atom is -0.334 e. The summed E-state index contributed by atoms with van der Waals surface area (Å²) in [6.45, 7) is 2.14. The van der Waals surface area contributed by atoms with Crippen molar-refractivity contribution in [1.82, 2.24) is 14.4 Å². The molecule has 0 aliphatic heterocycles. The van der Waals surface area contributed by atoms with Crippen LogP contribution in [0.1, 0.15) is 11.4 Å². The summed E-state index contributed by atoms with van der Waals surface area (Å²) >= 11 is 6.12. The lowest BCUT2D eigenvalue weighted by molar-refractivity contribution is 0.415. The lowest BCUT2D eigenvalue weighted by Gasteiger charge is -2.16. The van der Waals surface area contributed by atoms with E-state index in [-0.39, 0.29) is 11.4 Å². The van der Waals surface area contributed by atoms with Gasteiger partial charge >= 0.3 is 0 Å². The molecular weight excluding hydrogens is 374 g/mol. The molecule has 26 heavy (non-hydrogen) atoms. The number of aryl methyl sites for hydroxylation is 1. The van der Waals surface area contributed by atoms with Gasteiger partial charge in [0.15, 0.2) is 5.82 Å². The Morgan fingerprint density at radius 2 is 1.81 bits per heavy atom. The van der Waals surface area contributed by atoms with Gasteiger partial charge in [0.25, 0.3) is 5.89 Å². The van der Waals surface area contributed by atoms with Crippen molar-refractivity contribution in [3.05, 3.63) is 64.9 Å². The monoisotopic (exact) mass is 391 g/mol. The molecule has 0 fully saturated rings. The highest BCUT2D eigenvalue weighted by Crippen LogP contribution is 2.26. The second-order valence-electron chi connectivity index (χ2n) is 5.89. The van der Waals surface area contributed by atoms with Crippen molar-refractivity contribution in [3.63, 3.8) is 0 Å². The van der Waals surface area contributed by atoms with Crippen molar-refractivity contribution in [2.75, 3.05) is 13.6 Å². The molecule has 3 rings (SSSR count). The van der Waals surface area contributed by atoms with Crippen LogP contribution in [0.5, 0.6) is 0 Å². The van der Waals surface area contributed by atoms with Crippen LogP contribution in [-0.4, -0.2) is 36.5 Å². The van der Waals surface area contributed by atoms with Gasteiger partial charge in [0.1, 0.15) is 0 Å². The summed E-state index contributed by atoms with van der Waals surface area (Å²) in [4.78, 5) is 4.56. The van der Waals surface area contributed by atoms with Crippen LogP contribution in [-0.2, 0) is 16.4 Å². The average molecular weight is 392 g/mol. The molecule has 1 aromatic heterocycles. The molecule has 0 saturated heterocycles. The first-order chi connectivity index (χ1) is 12.4. The Labute approximate surface area is 157 Å². The SMILES string of the molecule is Cc1ccc(S(=O)(=O)N(C)CCc2noc(-c3ccccc3Cl)n2)cc1. The van der Waals surface area contributed by atoms with E-state index in [2.05, 4.69) is 10.1 Å². The van der Waals surface area contributed by atoms with Gasteiger partial charge in [-0.15, -0.1) is 0 Å². The van der Waals surface area contributed by atoms with E-state index in [1.165, 1.54) is 11.4 Å². The molecule has 2 aromatic carbocycles. The molecule has 1 heterocycles. The van der Waals surface area contributed by atoms with Gasteiger partial charge in [-0.1, -0.05) is 46.6 Å². The van der Waals surface area contributed by atoms with E-state index in [1.54, 1.807) is 36.4 Å². The fourth-order valence-electron chi connectivity index (χ4n) is 2.37. The van der Waals surface area contributed by atoms with Crippen LogP contribution < -0.4 is 0 Å². The number of nitrogens with zero attached hydrogens (tertiary/aromatic N) is 3. The third kappa shape index (κ3) is 3.95. The molecule has 8 heteroatoms. The average Bonchev–Trinajstić information content (AvgIpc) is 3.09.